The normalized spacial score (nSPS) is 17.7. The first-order chi connectivity index (χ1) is 13.5. The highest BCUT2D eigenvalue weighted by molar-refractivity contribution is 9.10. The lowest BCUT2D eigenvalue weighted by molar-refractivity contribution is 0.290. The molecule has 1 aliphatic rings. The number of halogens is 1. The number of nitrogens with zero attached hydrogens (tertiary/aromatic N) is 3. The Kier molecular flexibility index (Phi) is 5.22. The van der Waals surface area contributed by atoms with Crippen LogP contribution in [-0.4, -0.2) is 36.5 Å². The van der Waals surface area contributed by atoms with E-state index in [9.17, 15) is 8.42 Å². The van der Waals surface area contributed by atoms with E-state index in [0.717, 1.165) is 22.2 Å². The molecular weight excluding hydrogens is 446 g/mol. The predicted octanol–water partition coefficient (Wildman–Crippen LogP) is 4.03. The fourth-order valence-electron chi connectivity index (χ4n) is 3.24. The lowest BCUT2D eigenvalue weighted by Gasteiger charge is -2.21. The summed E-state index contributed by atoms with van der Waals surface area (Å²) in [4.78, 5) is 4.71. The molecule has 0 bridgehead atoms. The van der Waals surface area contributed by atoms with Gasteiger partial charge in [0.15, 0.2) is 0 Å². The third-order valence-electron chi connectivity index (χ3n) is 4.70. The fraction of sp³-hybridized carbons (Fsp3) is 0.263. The highest BCUT2D eigenvalue weighted by atomic mass is 79.9. The molecule has 3 aromatic rings. The van der Waals surface area contributed by atoms with Crippen LogP contribution in [0.15, 0.2) is 62.4 Å². The molecule has 0 saturated carbocycles. The molecule has 9 heteroatoms. The minimum absolute atomic E-state index is 0.248. The molecule has 1 saturated heterocycles. The molecule has 146 valence electrons. The SMILES string of the molecule is COc1ccc(-c2noc(C3CCCN3S(=O)(=O)c3ccc(Br)cc3)n2)cc1. The van der Waals surface area contributed by atoms with Crippen molar-refractivity contribution in [3.63, 3.8) is 0 Å². The number of aromatic nitrogens is 2. The van der Waals surface area contributed by atoms with Gasteiger partial charge in [0.2, 0.25) is 21.7 Å². The number of hydrogen-bond donors (Lipinski definition) is 0. The molecule has 1 atom stereocenters. The first kappa shape index (κ1) is 19.1. The molecule has 7 nitrogen and oxygen atoms in total. The zero-order chi connectivity index (χ0) is 19.7. The molecule has 0 amide bonds. The average Bonchev–Trinajstić information content (AvgIpc) is 3.38. The Morgan fingerprint density at radius 3 is 2.54 bits per heavy atom. The summed E-state index contributed by atoms with van der Waals surface area (Å²) < 4.78 is 39.0. The quantitative estimate of drug-likeness (QED) is 0.567. The molecule has 1 aromatic heterocycles. The maximum atomic E-state index is 13.1. The zero-order valence-electron chi connectivity index (χ0n) is 15.1. The minimum atomic E-state index is -3.65. The van der Waals surface area contributed by atoms with E-state index in [-0.39, 0.29) is 4.90 Å². The van der Waals surface area contributed by atoms with Crippen LogP contribution in [0.3, 0.4) is 0 Å². The number of sulfonamides is 1. The van der Waals surface area contributed by atoms with E-state index in [4.69, 9.17) is 9.26 Å². The number of methoxy groups -OCH3 is 1. The predicted molar refractivity (Wildman–Crippen MR) is 106 cm³/mol. The molecule has 0 radical (unpaired) electrons. The molecule has 0 spiro atoms. The van der Waals surface area contributed by atoms with Gasteiger partial charge in [0.05, 0.1) is 12.0 Å². The number of ether oxygens (including phenoxy) is 1. The van der Waals surface area contributed by atoms with Crippen molar-refractivity contribution in [2.75, 3.05) is 13.7 Å². The smallest absolute Gasteiger partial charge is 0.245 e. The van der Waals surface area contributed by atoms with Crippen molar-refractivity contribution in [3.05, 3.63) is 58.9 Å². The molecule has 1 fully saturated rings. The van der Waals surface area contributed by atoms with E-state index in [1.54, 1.807) is 31.4 Å². The van der Waals surface area contributed by atoms with Crippen LogP contribution in [0.1, 0.15) is 24.8 Å². The van der Waals surface area contributed by atoms with Gasteiger partial charge in [-0.05, 0) is 61.4 Å². The number of benzene rings is 2. The van der Waals surface area contributed by atoms with Gasteiger partial charge < -0.3 is 9.26 Å². The van der Waals surface area contributed by atoms with Gasteiger partial charge in [0.1, 0.15) is 11.8 Å². The molecule has 4 rings (SSSR count). The molecule has 28 heavy (non-hydrogen) atoms. The van der Waals surface area contributed by atoms with Crippen molar-refractivity contribution in [1.29, 1.82) is 0 Å². The first-order valence-electron chi connectivity index (χ1n) is 8.74. The van der Waals surface area contributed by atoms with Crippen molar-refractivity contribution in [2.45, 2.75) is 23.8 Å². The van der Waals surface area contributed by atoms with E-state index in [1.165, 1.54) is 4.31 Å². The second kappa shape index (κ2) is 7.65. The largest absolute Gasteiger partial charge is 0.497 e. The van der Waals surface area contributed by atoms with Crippen LogP contribution in [-0.2, 0) is 10.0 Å². The summed E-state index contributed by atoms with van der Waals surface area (Å²) >= 11 is 3.33. The first-order valence-corrected chi connectivity index (χ1v) is 11.0. The van der Waals surface area contributed by atoms with Crippen LogP contribution in [0.4, 0.5) is 0 Å². The van der Waals surface area contributed by atoms with Gasteiger partial charge in [-0.3, -0.25) is 0 Å². The van der Waals surface area contributed by atoms with Gasteiger partial charge in [-0.1, -0.05) is 21.1 Å². The van der Waals surface area contributed by atoms with Crippen LogP contribution in [0.2, 0.25) is 0 Å². The minimum Gasteiger partial charge on any atom is -0.497 e. The Labute approximate surface area is 171 Å². The Hall–Kier alpha value is -2.23. The Morgan fingerprint density at radius 1 is 1.14 bits per heavy atom. The van der Waals surface area contributed by atoms with Crippen molar-refractivity contribution >= 4 is 26.0 Å². The topological polar surface area (TPSA) is 85.5 Å². The second-order valence-electron chi connectivity index (χ2n) is 6.41. The maximum absolute atomic E-state index is 13.1. The van der Waals surface area contributed by atoms with Gasteiger partial charge in [0.25, 0.3) is 0 Å². The van der Waals surface area contributed by atoms with Gasteiger partial charge in [-0.15, -0.1) is 0 Å². The van der Waals surface area contributed by atoms with E-state index >= 15 is 0 Å². The third-order valence-corrected chi connectivity index (χ3v) is 7.15. The second-order valence-corrected chi connectivity index (χ2v) is 9.22. The van der Waals surface area contributed by atoms with Gasteiger partial charge >= 0.3 is 0 Å². The van der Waals surface area contributed by atoms with Crippen molar-refractivity contribution in [2.24, 2.45) is 0 Å². The Bertz CT molecular complexity index is 1070. The average molecular weight is 464 g/mol. The highest BCUT2D eigenvalue weighted by Gasteiger charge is 2.39. The third kappa shape index (κ3) is 3.57. The summed E-state index contributed by atoms with van der Waals surface area (Å²) in [5, 5.41) is 4.03. The summed E-state index contributed by atoms with van der Waals surface area (Å²) in [5.41, 5.74) is 0.774. The summed E-state index contributed by atoms with van der Waals surface area (Å²) in [5.74, 6) is 1.46. The summed E-state index contributed by atoms with van der Waals surface area (Å²) in [7, 11) is -2.05. The van der Waals surface area contributed by atoms with Crippen molar-refractivity contribution in [1.82, 2.24) is 14.4 Å². The Balaban J connectivity index is 1.61. The van der Waals surface area contributed by atoms with Crippen molar-refractivity contribution in [3.8, 4) is 17.1 Å². The summed E-state index contributed by atoms with van der Waals surface area (Å²) in [6, 6.07) is 13.4. The molecule has 2 aromatic carbocycles. The lowest BCUT2D eigenvalue weighted by Crippen LogP contribution is -2.30. The van der Waals surface area contributed by atoms with E-state index in [0.29, 0.717) is 24.7 Å². The zero-order valence-corrected chi connectivity index (χ0v) is 17.5. The van der Waals surface area contributed by atoms with Crippen molar-refractivity contribution < 1.29 is 17.7 Å². The standard InChI is InChI=1S/C19H18BrN3O4S/c1-26-15-8-4-13(5-9-15)18-21-19(27-22-18)17-3-2-12-23(17)28(24,25)16-10-6-14(20)7-11-16/h4-11,17H,2-3,12H2,1H3. The highest BCUT2D eigenvalue weighted by Crippen LogP contribution is 2.36. The van der Waals surface area contributed by atoms with Gasteiger partial charge in [0, 0.05) is 16.6 Å². The van der Waals surface area contributed by atoms with E-state index in [1.807, 2.05) is 24.3 Å². The van der Waals surface area contributed by atoms with Gasteiger partial charge in [-0.2, -0.15) is 9.29 Å². The summed E-state index contributed by atoms with van der Waals surface area (Å²) in [6.45, 7) is 0.420. The van der Waals surface area contributed by atoms with Crippen LogP contribution >= 0.6 is 15.9 Å². The lowest BCUT2D eigenvalue weighted by atomic mass is 10.2. The van der Waals surface area contributed by atoms with Gasteiger partial charge in [-0.25, -0.2) is 8.42 Å². The van der Waals surface area contributed by atoms with E-state index < -0.39 is 16.1 Å². The molecular formula is C19H18BrN3O4S. The van der Waals surface area contributed by atoms with Crippen LogP contribution in [0.5, 0.6) is 5.75 Å². The van der Waals surface area contributed by atoms with Crippen LogP contribution < -0.4 is 4.74 Å². The molecule has 1 aliphatic heterocycles. The molecule has 0 aliphatic carbocycles. The maximum Gasteiger partial charge on any atom is 0.245 e. The van der Waals surface area contributed by atoms with E-state index in [2.05, 4.69) is 26.1 Å². The fourth-order valence-corrected chi connectivity index (χ4v) is 5.16. The molecule has 1 unspecified atom stereocenters. The summed E-state index contributed by atoms with van der Waals surface area (Å²) in [6.07, 6.45) is 1.38. The number of rotatable bonds is 5. The monoisotopic (exact) mass is 463 g/mol. The Morgan fingerprint density at radius 2 is 1.86 bits per heavy atom. The molecule has 2 heterocycles. The molecule has 0 N–H and O–H groups in total. The van der Waals surface area contributed by atoms with Crippen LogP contribution in [0, 0.1) is 0 Å². The van der Waals surface area contributed by atoms with Crippen LogP contribution in [0.25, 0.3) is 11.4 Å². The number of hydrogen-bond acceptors (Lipinski definition) is 6.